The third-order valence-corrected chi connectivity index (χ3v) is 4.59. The summed E-state index contributed by atoms with van der Waals surface area (Å²) >= 11 is 0. The minimum Gasteiger partial charge on any atom is -0.515 e. The Bertz CT molecular complexity index is 824. The molecule has 1 heterocycles. The van der Waals surface area contributed by atoms with E-state index in [0.29, 0.717) is 5.41 Å². The van der Waals surface area contributed by atoms with E-state index in [1.54, 1.807) is 12.2 Å². The van der Waals surface area contributed by atoms with Gasteiger partial charge in [-0.25, -0.2) is 13.4 Å². The summed E-state index contributed by atoms with van der Waals surface area (Å²) in [5.74, 6) is -1.01. The zero-order valence-electron chi connectivity index (χ0n) is 11.9. The van der Waals surface area contributed by atoms with Crippen molar-refractivity contribution < 1.29 is 27.9 Å². The van der Waals surface area contributed by atoms with E-state index in [0.717, 1.165) is 0 Å². The quantitative estimate of drug-likeness (QED) is 0.594. The molecule has 0 radical (unpaired) electrons. The number of amides is 1. The highest BCUT2D eigenvalue weighted by Crippen LogP contribution is 2.26. The third kappa shape index (κ3) is 3.59. The summed E-state index contributed by atoms with van der Waals surface area (Å²) in [5.41, 5.74) is 0.123. The molecule has 0 saturated heterocycles. The Hall–Kier alpha value is -2.61. The lowest BCUT2D eigenvalue weighted by molar-refractivity contribution is -0.118. The van der Waals surface area contributed by atoms with Crippen LogP contribution >= 0.6 is 0 Å². The first-order valence-corrected chi connectivity index (χ1v) is 8.19. The van der Waals surface area contributed by atoms with Gasteiger partial charge in [0.25, 0.3) is 11.0 Å². The van der Waals surface area contributed by atoms with Gasteiger partial charge in [-0.15, -0.1) is 0 Å². The first-order valence-electron chi connectivity index (χ1n) is 6.64. The fourth-order valence-corrected chi connectivity index (χ4v) is 3.05. The number of hydrogen-bond donors (Lipinski definition) is 1. The molecule has 0 bridgehead atoms. The summed E-state index contributed by atoms with van der Waals surface area (Å²) in [6, 6.07) is 0. The molecule has 0 fully saturated rings. The summed E-state index contributed by atoms with van der Waals surface area (Å²) < 4.78 is 23.5. The number of nitrogens with zero attached hydrogens (tertiary/aromatic N) is 1. The number of aliphatic hydroxyl groups is 1. The highest BCUT2D eigenvalue weighted by molar-refractivity contribution is 8.09. The molecule has 0 aromatic rings. The molecule has 120 valence electrons. The number of carbonyl (C=O) groups excluding carboxylic acids is 3. The van der Waals surface area contributed by atoms with Crippen molar-refractivity contribution in [2.24, 2.45) is 4.99 Å². The monoisotopic (exact) mass is 335 g/mol. The summed E-state index contributed by atoms with van der Waals surface area (Å²) in [7, 11) is -4.33. The van der Waals surface area contributed by atoms with Crippen LogP contribution in [0.5, 0.6) is 0 Å². The van der Waals surface area contributed by atoms with Crippen LogP contribution in [0.25, 0.3) is 0 Å². The minimum atomic E-state index is -4.33. The maximum Gasteiger partial charge on any atom is 0.277 e. The normalized spacial score (nSPS) is 17.9. The predicted molar refractivity (Wildman–Crippen MR) is 82.3 cm³/mol. The smallest absolute Gasteiger partial charge is 0.277 e. The predicted octanol–water partition coefficient (Wildman–Crippen LogP) is 1.10. The lowest BCUT2D eigenvalue weighted by atomic mass is 9.91. The highest BCUT2D eigenvalue weighted by atomic mass is 32.2. The van der Waals surface area contributed by atoms with E-state index in [9.17, 15) is 22.8 Å². The molecule has 0 aromatic carbocycles. The standard InChI is InChI=1S/C15H13NO6S/c17-7-8-23(21,22)15(20)12-4-2-1-3-11(12)13(18)9-10-5-6-16-14(10)19/h1-2,5-8,17H,3-4,9H2/b8-7+. The van der Waals surface area contributed by atoms with Crippen molar-refractivity contribution in [1.82, 2.24) is 0 Å². The van der Waals surface area contributed by atoms with Crippen LogP contribution in [0.4, 0.5) is 0 Å². The van der Waals surface area contributed by atoms with Crippen LogP contribution in [0, 0.1) is 0 Å². The van der Waals surface area contributed by atoms with Crippen LogP contribution < -0.4 is 0 Å². The highest BCUT2D eigenvalue weighted by Gasteiger charge is 2.30. The van der Waals surface area contributed by atoms with Crippen molar-refractivity contribution in [1.29, 1.82) is 0 Å². The molecule has 0 aromatic heterocycles. The van der Waals surface area contributed by atoms with E-state index in [2.05, 4.69) is 4.99 Å². The molecule has 8 heteroatoms. The molecular weight excluding hydrogens is 322 g/mol. The van der Waals surface area contributed by atoms with Crippen molar-refractivity contribution >= 4 is 32.9 Å². The van der Waals surface area contributed by atoms with Crippen molar-refractivity contribution in [3.05, 3.63) is 46.6 Å². The van der Waals surface area contributed by atoms with Crippen LogP contribution in [-0.4, -0.2) is 36.5 Å². The van der Waals surface area contributed by atoms with Crippen molar-refractivity contribution in [3.63, 3.8) is 0 Å². The second-order valence-electron chi connectivity index (χ2n) is 4.83. The Balaban J connectivity index is 2.32. The van der Waals surface area contributed by atoms with Gasteiger partial charge in [-0.3, -0.25) is 14.4 Å². The van der Waals surface area contributed by atoms with Crippen molar-refractivity contribution in [2.75, 3.05) is 0 Å². The number of aliphatic hydroxyl groups excluding tert-OH is 1. The maximum absolute atomic E-state index is 12.3. The van der Waals surface area contributed by atoms with E-state index in [1.807, 2.05) is 0 Å². The summed E-state index contributed by atoms with van der Waals surface area (Å²) in [6.45, 7) is 0. The van der Waals surface area contributed by atoms with Gasteiger partial charge in [0.2, 0.25) is 9.84 Å². The van der Waals surface area contributed by atoms with Crippen LogP contribution in [0.3, 0.4) is 0 Å². The third-order valence-electron chi connectivity index (χ3n) is 3.35. The second-order valence-corrected chi connectivity index (χ2v) is 6.56. The lowest BCUT2D eigenvalue weighted by Gasteiger charge is -2.14. The van der Waals surface area contributed by atoms with Crippen LogP contribution in [0.2, 0.25) is 0 Å². The van der Waals surface area contributed by atoms with Crippen LogP contribution in [0.15, 0.2) is 51.6 Å². The summed E-state index contributed by atoms with van der Waals surface area (Å²) in [6.07, 6.45) is 6.06. The van der Waals surface area contributed by atoms with Gasteiger partial charge >= 0.3 is 0 Å². The molecule has 7 nitrogen and oxygen atoms in total. The van der Waals surface area contributed by atoms with E-state index < -0.39 is 26.6 Å². The Labute approximate surface area is 132 Å². The topological polar surface area (TPSA) is 118 Å². The van der Waals surface area contributed by atoms with Crippen LogP contribution in [-0.2, 0) is 24.2 Å². The van der Waals surface area contributed by atoms with Crippen molar-refractivity contribution in [3.8, 4) is 0 Å². The van der Waals surface area contributed by atoms with Gasteiger partial charge in [0.15, 0.2) is 5.78 Å². The molecule has 0 spiro atoms. The number of Topliss-reactive ketones (excluding diaryl/α,β-unsaturated/α-hetero) is 1. The molecule has 23 heavy (non-hydrogen) atoms. The number of rotatable bonds is 5. The Morgan fingerprint density at radius 3 is 2.43 bits per heavy atom. The largest absolute Gasteiger partial charge is 0.515 e. The van der Waals surface area contributed by atoms with Crippen molar-refractivity contribution in [2.45, 2.75) is 19.3 Å². The minimum absolute atomic E-state index is 0.00188. The number of sulfone groups is 1. The SMILES string of the molecule is O=C(CC1=CC=NC1=O)C1=C(C(=O)S(=O)(=O)/C=C/O)CC=CC1. The van der Waals surface area contributed by atoms with Gasteiger partial charge in [0, 0.05) is 29.4 Å². The molecule has 0 saturated carbocycles. The fraction of sp³-hybridized carbons (Fsp3) is 0.200. The Kier molecular flexibility index (Phi) is 4.85. The van der Waals surface area contributed by atoms with Gasteiger partial charge in [0.05, 0.1) is 11.7 Å². The zero-order valence-corrected chi connectivity index (χ0v) is 12.7. The molecule has 1 aliphatic heterocycles. The molecule has 1 amide bonds. The lowest BCUT2D eigenvalue weighted by Crippen LogP contribution is -2.20. The Morgan fingerprint density at radius 2 is 1.87 bits per heavy atom. The number of hydrogen-bond acceptors (Lipinski definition) is 6. The van der Waals surface area contributed by atoms with E-state index >= 15 is 0 Å². The zero-order chi connectivity index (χ0) is 17.0. The van der Waals surface area contributed by atoms with Gasteiger partial charge in [0.1, 0.15) is 0 Å². The number of ketones is 1. The molecule has 0 atom stereocenters. The maximum atomic E-state index is 12.3. The van der Waals surface area contributed by atoms with Gasteiger partial charge in [-0.1, -0.05) is 12.2 Å². The molecule has 2 rings (SSSR count). The average molecular weight is 335 g/mol. The molecular formula is C15H13NO6S. The molecule has 1 aliphatic carbocycles. The van der Waals surface area contributed by atoms with Gasteiger partial charge < -0.3 is 5.11 Å². The van der Waals surface area contributed by atoms with Crippen LogP contribution in [0.1, 0.15) is 19.3 Å². The fourth-order valence-electron chi connectivity index (χ4n) is 2.21. The molecule has 1 N–H and O–H groups in total. The van der Waals surface area contributed by atoms with E-state index in [-0.39, 0.29) is 42.2 Å². The number of aliphatic imine (C=N–C) groups is 1. The van der Waals surface area contributed by atoms with E-state index in [1.165, 1.54) is 12.3 Å². The first kappa shape index (κ1) is 16.8. The number of carbonyl (C=O) groups is 3. The van der Waals surface area contributed by atoms with Gasteiger partial charge in [-0.2, -0.15) is 0 Å². The average Bonchev–Trinajstić information content (AvgIpc) is 2.91. The second kappa shape index (κ2) is 6.66. The van der Waals surface area contributed by atoms with E-state index in [4.69, 9.17) is 5.11 Å². The first-order chi connectivity index (χ1) is 10.9. The van der Waals surface area contributed by atoms with Gasteiger partial charge in [-0.05, 0) is 18.9 Å². The molecule has 2 aliphatic rings. The Morgan fingerprint density at radius 1 is 1.22 bits per heavy atom. The molecule has 0 unspecified atom stereocenters. The number of allylic oxidation sites excluding steroid dienone is 4. The summed E-state index contributed by atoms with van der Waals surface area (Å²) in [5, 5.41) is 7.73. The summed E-state index contributed by atoms with van der Waals surface area (Å²) in [4.78, 5) is 39.4.